The Morgan fingerprint density at radius 1 is 1.28 bits per heavy atom. The second kappa shape index (κ2) is 7.27. The second-order valence-corrected chi connectivity index (χ2v) is 6.74. The first-order valence-electron chi connectivity index (χ1n) is 8.66. The monoisotopic (exact) mass is 363 g/mol. The highest BCUT2D eigenvalue weighted by Crippen LogP contribution is 2.28. The molecule has 4 heterocycles. The van der Waals surface area contributed by atoms with Crippen molar-refractivity contribution in [3.8, 4) is 0 Å². The number of hydrogen-bond donors (Lipinski definition) is 0. The Hall–Kier alpha value is -1.70. The zero-order valence-electron chi connectivity index (χ0n) is 14.3. The first-order valence-corrected chi connectivity index (χ1v) is 9.19. The van der Waals surface area contributed by atoms with Crippen molar-refractivity contribution in [1.82, 2.24) is 15.0 Å². The van der Waals surface area contributed by atoms with Crippen LogP contribution < -0.4 is 9.80 Å². The molecule has 0 bridgehead atoms. The van der Waals surface area contributed by atoms with Gasteiger partial charge in [-0.1, -0.05) is 0 Å². The number of anilines is 2. The van der Waals surface area contributed by atoms with Gasteiger partial charge in [0.15, 0.2) is 5.65 Å². The maximum Gasteiger partial charge on any atom is 0.229 e. The van der Waals surface area contributed by atoms with Crippen molar-refractivity contribution < 1.29 is 9.47 Å². The van der Waals surface area contributed by atoms with Gasteiger partial charge in [-0.25, -0.2) is 4.98 Å². The van der Waals surface area contributed by atoms with Gasteiger partial charge >= 0.3 is 0 Å². The summed E-state index contributed by atoms with van der Waals surface area (Å²) < 4.78 is 11.2. The van der Waals surface area contributed by atoms with Crippen LogP contribution in [-0.4, -0.2) is 72.4 Å². The topological polar surface area (TPSA) is 63.6 Å². The molecule has 8 heteroatoms. The van der Waals surface area contributed by atoms with Crippen LogP contribution in [0, 0.1) is 0 Å². The van der Waals surface area contributed by atoms with Gasteiger partial charge in [-0.15, -0.1) is 11.6 Å². The Bertz CT molecular complexity index is 746. The third-order valence-corrected chi connectivity index (χ3v) is 5.02. The standard InChI is InChI=1S/C17H22ClN5O2/c1-12-11-24-7-6-23(12)16-14-3-2-4-19-15(14)20-17(21-16)22-5-8-25-13(9-18)10-22/h2-4,12-13H,5-11H2,1H3/t12-,13?/m0/s1. The number of pyridine rings is 1. The molecule has 0 N–H and O–H groups in total. The molecule has 2 aromatic rings. The van der Waals surface area contributed by atoms with Crippen LogP contribution in [0.4, 0.5) is 11.8 Å². The Balaban J connectivity index is 1.75. The van der Waals surface area contributed by atoms with E-state index in [1.807, 2.05) is 12.1 Å². The highest BCUT2D eigenvalue weighted by molar-refractivity contribution is 6.18. The summed E-state index contributed by atoms with van der Waals surface area (Å²) in [5, 5.41) is 0.974. The molecular weight excluding hydrogens is 342 g/mol. The van der Waals surface area contributed by atoms with Crippen LogP contribution >= 0.6 is 11.6 Å². The summed E-state index contributed by atoms with van der Waals surface area (Å²) in [5.74, 6) is 2.09. The van der Waals surface area contributed by atoms with E-state index in [1.54, 1.807) is 6.20 Å². The molecule has 2 atom stereocenters. The third kappa shape index (κ3) is 3.36. The second-order valence-electron chi connectivity index (χ2n) is 6.43. The van der Waals surface area contributed by atoms with Crippen LogP contribution in [-0.2, 0) is 9.47 Å². The first-order chi connectivity index (χ1) is 12.3. The van der Waals surface area contributed by atoms with E-state index in [2.05, 4.69) is 21.7 Å². The summed E-state index contributed by atoms with van der Waals surface area (Å²) in [4.78, 5) is 18.5. The largest absolute Gasteiger partial charge is 0.377 e. The van der Waals surface area contributed by atoms with E-state index >= 15 is 0 Å². The van der Waals surface area contributed by atoms with Gasteiger partial charge in [0.1, 0.15) is 5.82 Å². The number of nitrogens with zero attached hydrogens (tertiary/aromatic N) is 5. The van der Waals surface area contributed by atoms with Crippen molar-refractivity contribution >= 4 is 34.4 Å². The minimum atomic E-state index is 0.00389. The molecule has 4 rings (SSSR count). The van der Waals surface area contributed by atoms with E-state index in [0.29, 0.717) is 38.2 Å². The minimum absolute atomic E-state index is 0.00389. The summed E-state index contributed by atoms with van der Waals surface area (Å²) in [7, 11) is 0. The van der Waals surface area contributed by atoms with Gasteiger partial charge in [0.25, 0.3) is 0 Å². The molecule has 0 aliphatic carbocycles. The van der Waals surface area contributed by atoms with Crippen molar-refractivity contribution in [3.63, 3.8) is 0 Å². The van der Waals surface area contributed by atoms with Gasteiger partial charge in [-0.05, 0) is 19.1 Å². The van der Waals surface area contributed by atoms with Crippen LogP contribution in [0.25, 0.3) is 11.0 Å². The third-order valence-electron chi connectivity index (χ3n) is 4.67. The molecule has 2 saturated heterocycles. The SMILES string of the molecule is C[C@H]1COCCN1c1nc(N2CCOC(CCl)C2)nc2ncccc12. The molecule has 0 aromatic carbocycles. The molecule has 2 aliphatic heterocycles. The maximum absolute atomic E-state index is 5.97. The van der Waals surface area contributed by atoms with Crippen LogP contribution in [0.2, 0.25) is 0 Å². The van der Waals surface area contributed by atoms with Gasteiger partial charge < -0.3 is 19.3 Å². The van der Waals surface area contributed by atoms with Gasteiger partial charge in [0.2, 0.25) is 5.95 Å². The zero-order chi connectivity index (χ0) is 17.2. The van der Waals surface area contributed by atoms with E-state index in [9.17, 15) is 0 Å². The van der Waals surface area contributed by atoms with Crippen molar-refractivity contribution in [3.05, 3.63) is 18.3 Å². The number of rotatable bonds is 3. The number of morpholine rings is 2. The Morgan fingerprint density at radius 3 is 3.04 bits per heavy atom. The molecule has 0 amide bonds. The number of fused-ring (bicyclic) bond motifs is 1. The van der Waals surface area contributed by atoms with Gasteiger partial charge in [-0.2, -0.15) is 9.97 Å². The van der Waals surface area contributed by atoms with E-state index < -0.39 is 0 Å². The smallest absolute Gasteiger partial charge is 0.229 e. The van der Waals surface area contributed by atoms with Crippen molar-refractivity contribution in [2.45, 2.75) is 19.1 Å². The fraction of sp³-hybridized carbons (Fsp3) is 0.588. The minimum Gasteiger partial charge on any atom is -0.377 e. The van der Waals surface area contributed by atoms with Crippen LogP contribution in [0.15, 0.2) is 18.3 Å². The number of hydrogen-bond acceptors (Lipinski definition) is 7. The average molecular weight is 364 g/mol. The fourth-order valence-electron chi connectivity index (χ4n) is 3.33. The van der Waals surface area contributed by atoms with Crippen LogP contribution in [0.1, 0.15) is 6.92 Å². The fourth-order valence-corrected chi connectivity index (χ4v) is 3.52. The molecule has 2 fully saturated rings. The highest BCUT2D eigenvalue weighted by atomic mass is 35.5. The Morgan fingerprint density at radius 2 is 2.20 bits per heavy atom. The molecule has 0 saturated carbocycles. The molecule has 0 radical (unpaired) electrons. The highest BCUT2D eigenvalue weighted by Gasteiger charge is 2.26. The average Bonchev–Trinajstić information content (AvgIpc) is 2.67. The van der Waals surface area contributed by atoms with E-state index in [1.165, 1.54) is 0 Å². The molecule has 134 valence electrons. The molecule has 2 aromatic heterocycles. The van der Waals surface area contributed by atoms with E-state index in [0.717, 1.165) is 29.9 Å². The number of ether oxygens (including phenoxy) is 2. The van der Waals surface area contributed by atoms with Gasteiger partial charge in [0.05, 0.1) is 43.2 Å². The lowest BCUT2D eigenvalue weighted by Gasteiger charge is -2.36. The maximum atomic E-state index is 5.97. The summed E-state index contributed by atoms with van der Waals surface area (Å²) in [5.41, 5.74) is 0.718. The summed E-state index contributed by atoms with van der Waals surface area (Å²) in [6.45, 7) is 6.45. The van der Waals surface area contributed by atoms with Crippen LogP contribution in [0.3, 0.4) is 0 Å². The van der Waals surface area contributed by atoms with Crippen LogP contribution in [0.5, 0.6) is 0 Å². The zero-order valence-corrected chi connectivity index (χ0v) is 15.0. The summed E-state index contributed by atoms with van der Waals surface area (Å²) in [6, 6.07) is 4.23. The molecule has 7 nitrogen and oxygen atoms in total. The normalized spacial score (nSPS) is 24.7. The number of aromatic nitrogens is 3. The quantitative estimate of drug-likeness (QED) is 0.769. The molecule has 25 heavy (non-hydrogen) atoms. The lowest BCUT2D eigenvalue weighted by Crippen LogP contribution is -2.46. The predicted molar refractivity (Wildman–Crippen MR) is 97.6 cm³/mol. The van der Waals surface area contributed by atoms with Crippen molar-refractivity contribution in [2.24, 2.45) is 0 Å². The summed E-state index contributed by atoms with van der Waals surface area (Å²) in [6.07, 6.45) is 1.77. The van der Waals surface area contributed by atoms with E-state index in [4.69, 9.17) is 31.0 Å². The Labute approximate surface area is 151 Å². The predicted octanol–water partition coefficient (Wildman–Crippen LogP) is 1.69. The molecular formula is C17H22ClN5O2. The Kier molecular flexibility index (Phi) is 4.87. The number of alkyl halides is 1. The summed E-state index contributed by atoms with van der Waals surface area (Å²) >= 11 is 5.97. The lowest BCUT2D eigenvalue weighted by atomic mass is 10.2. The van der Waals surface area contributed by atoms with Crippen molar-refractivity contribution in [1.29, 1.82) is 0 Å². The van der Waals surface area contributed by atoms with Gasteiger partial charge in [0, 0.05) is 25.8 Å². The molecule has 2 aliphatic rings. The first kappa shape index (κ1) is 16.8. The van der Waals surface area contributed by atoms with Gasteiger partial charge in [-0.3, -0.25) is 0 Å². The lowest BCUT2D eigenvalue weighted by molar-refractivity contribution is 0.0549. The molecule has 0 spiro atoms. The molecule has 1 unspecified atom stereocenters. The van der Waals surface area contributed by atoms with Crippen molar-refractivity contribution in [2.75, 3.05) is 55.1 Å². The van der Waals surface area contributed by atoms with E-state index in [-0.39, 0.29) is 12.1 Å². The number of halogens is 1.